The lowest BCUT2D eigenvalue weighted by Crippen LogP contribution is -2.35. The molecule has 1 aliphatic heterocycles. The Morgan fingerprint density at radius 3 is 2.81 bits per heavy atom. The molecule has 0 spiro atoms. The van der Waals surface area contributed by atoms with Crippen LogP contribution >= 0.6 is 0 Å². The lowest BCUT2D eigenvalue weighted by atomic mass is 9.99. The van der Waals surface area contributed by atoms with Gasteiger partial charge in [-0.15, -0.1) is 0 Å². The molecule has 0 unspecified atom stereocenters. The third kappa shape index (κ3) is 3.45. The van der Waals surface area contributed by atoms with Crippen LogP contribution in [0.1, 0.15) is 21.7 Å². The van der Waals surface area contributed by atoms with E-state index in [1.54, 1.807) is 36.2 Å². The molecule has 1 N–H and O–H groups in total. The minimum atomic E-state index is -3.71. The van der Waals surface area contributed by atoms with E-state index in [9.17, 15) is 13.2 Å². The van der Waals surface area contributed by atoms with Crippen LogP contribution in [-0.2, 0) is 30.0 Å². The Labute approximate surface area is 156 Å². The van der Waals surface area contributed by atoms with Crippen molar-refractivity contribution >= 4 is 21.6 Å². The predicted molar refractivity (Wildman–Crippen MR) is 97.6 cm³/mol. The maximum Gasteiger partial charge on any atom is 0.289 e. The van der Waals surface area contributed by atoms with E-state index in [2.05, 4.69) is 9.82 Å². The van der Waals surface area contributed by atoms with Crippen LogP contribution in [0.5, 0.6) is 0 Å². The molecule has 4 rings (SSSR count). The molecule has 0 saturated carbocycles. The van der Waals surface area contributed by atoms with E-state index >= 15 is 0 Å². The first-order valence-electron chi connectivity index (χ1n) is 8.38. The molecule has 1 amide bonds. The fourth-order valence-corrected chi connectivity index (χ4v) is 4.13. The highest BCUT2D eigenvalue weighted by Gasteiger charge is 2.24. The summed E-state index contributed by atoms with van der Waals surface area (Å²) in [6.07, 6.45) is 4.91. The Morgan fingerprint density at radius 2 is 2.11 bits per heavy atom. The first kappa shape index (κ1) is 17.3. The Bertz CT molecular complexity index is 1090. The smallest absolute Gasteiger partial charge is 0.289 e. The van der Waals surface area contributed by atoms with Crippen LogP contribution in [0.3, 0.4) is 0 Å². The van der Waals surface area contributed by atoms with Crippen molar-refractivity contribution in [3.8, 4) is 0 Å². The number of aryl methyl sites for hydroxylation is 1. The van der Waals surface area contributed by atoms with E-state index in [4.69, 9.17) is 4.42 Å². The summed E-state index contributed by atoms with van der Waals surface area (Å²) in [4.78, 5) is 14.3. The minimum absolute atomic E-state index is 0.0948. The number of nitrogens with zero attached hydrogens (tertiary/aromatic N) is 3. The number of rotatable bonds is 4. The monoisotopic (exact) mass is 386 g/mol. The van der Waals surface area contributed by atoms with Gasteiger partial charge in [-0.3, -0.25) is 14.2 Å². The molecular weight excluding hydrogens is 368 g/mol. The second-order valence-electron chi connectivity index (χ2n) is 6.39. The molecule has 1 aromatic carbocycles. The molecule has 0 saturated heterocycles. The largest absolute Gasteiger partial charge is 0.459 e. The zero-order valence-corrected chi connectivity index (χ0v) is 15.4. The number of aromatic nitrogens is 2. The number of benzene rings is 1. The molecule has 27 heavy (non-hydrogen) atoms. The van der Waals surface area contributed by atoms with Crippen LogP contribution in [0.15, 0.2) is 58.3 Å². The molecule has 0 bridgehead atoms. The number of sulfonamides is 1. The second kappa shape index (κ2) is 6.58. The fourth-order valence-electron chi connectivity index (χ4n) is 3.10. The fraction of sp³-hybridized carbons (Fsp3) is 0.222. The van der Waals surface area contributed by atoms with Crippen LogP contribution in [0.4, 0.5) is 5.69 Å². The van der Waals surface area contributed by atoms with E-state index < -0.39 is 10.0 Å². The number of furan rings is 1. The average molecular weight is 386 g/mol. The minimum Gasteiger partial charge on any atom is -0.459 e. The predicted octanol–water partition coefficient (Wildman–Crippen LogP) is 2.01. The van der Waals surface area contributed by atoms with Gasteiger partial charge in [-0.25, -0.2) is 8.42 Å². The topological polar surface area (TPSA) is 97.4 Å². The summed E-state index contributed by atoms with van der Waals surface area (Å²) in [5.74, 6) is 0.124. The lowest BCUT2D eigenvalue weighted by Gasteiger charge is -2.28. The van der Waals surface area contributed by atoms with Crippen molar-refractivity contribution in [2.45, 2.75) is 17.9 Å². The summed E-state index contributed by atoms with van der Waals surface area (Å²) in [7, 11) is -2.06. The zero-order valence-electron chi connectivity index (χ0n) is 14.6. The van der Waals surface area contributed by atoms with Gasteiger partial charge in [-0.1, -0.05) is 6.07 Å². The van der Waals surface area contributed by atoms with Gasteiger partial charge in [0.05, 0.1) is 12.5 Å². The Hall–Kier alpha value is -3.07. The van der Waals surface area contributed by atoms with E-state index in [0.29, 0.717) is 31.0 Å². The van der Waals surface area contributed by atoms with Crippen molar-refractivity contribution in [2.24, 2.45) is 7.05 Å². The molecule has 1 aliphatic rings. The molecule has 140 valence electrons. The van der Waals surface area contributed by atoms with Crippen LogP contribution in [0.2, 0.25) is 0 Å². The molecule has 3 heterocycles. The molecule has 2 aromatic heterocycles. The second-order valence-corrected chi connectivity index (χ2v) is 8.08. The number of hydrogen-bond acceptors (Lipinski definition) is 5. The van der Waals surface area contributed by atoms with Crippen LogP contribution in [0.25, 0.3) is 0 Å². The maximum atomic E-state index is 12.5. The Balaban J connectivity index is 1.55. The summed E-state index contributed by atoms with van der Waals surface area (Å²) in [5, 5.41) is 3.89. The third-order valence-corrected chi connectivity index (χ3v) is 5.82. The number of carbonyl (C=O) groups is 1. The van der Waals surface area contributed by atoms with E-state index in [1.165, 1.54) is 23.3 Å². The van der Waals surface area contributed by atoms with Crippen molar-refractivity contribution < 1.29 is 17.6 Å². The molecule has 9 heteroatoms. The van der Waals surface area contributed by atoms with Gasteiger partial charge in [-0.05, 0) is 41.8 Å². The van der Waals surface area contributed by atoms with E-state index in [0.717, 1.165) is 11.1 Å². The highest BCUT2D eigenvalue weighted by molar-refractivity contribution is 7.92. The quantitative estimate of drug-likeness (QED) is 0.740. The zero-order chi connectivity index (χ0) is 19.0. The molecule has 8 nitrogen and oxygen atoms in total. The molecule has 0 aliphatic carbocycles. The molecule has 0 fully saturated rings. The lowest BCUT2D eigenvalue weighted by molar-refractivity contribution is 0.0702. The first-order valence-corrected chi connectivity index (χ1v) is 9.87. The van der Waals surface area contributed by atoms with E-state index in [1.807, 2.05) is 6.07 Å². The molecular formula is C18H18N4O4S. The van der Waals surface area contributed by atoms with Gasteiger partial charge < -0.3 is 9.32 Å². The van der Waals surface area contributed by atoms with Gasteiger partial charge in [-0.2, -0.15) is 5.10 Å². The maximum absolute atomic E-state index is 12.5. The van der Waals surface area contributed by atoms with Crippen molar-refractivity contribution in [1.82, 2.24) is 14.7 Å². The van der Waals surface area contributed by atoms with E-state index in [-0.39, 0.29) is 10.8 Å². The number of carbonyl (C=O) groups excluding carboxylic acids is 1. The van der Waals surface area contributed by atoms with Crippen molar-refractivity contribution in [2.75, 3.05) is 11.3 Å². The van der Waals surface area contributed by atoms with Crippen molar-refractivity contribution in [1.29, 1.82) is 0 Å². The first-order chi connectivity index (χ1) is 12.9. The molecule has 0 radical (unpaired) electrons. The summed E-state index contributed by atoms with van der Waals surface area (Å²) in [5.41, 5.74) is 2.46. The van der Waals surface area contributed by atoms with Gasteiger partial charge >= 0.3 is 0 Å². The van der Waals surface area contributed by atoms with Crippen LogP contribution in [0, 0.1) is 0 Å². The molecule has 0 atom stereocenters. The Morgan fingerprint density at radius 1 is 1.26 bits per heavy atom. The van der Waals surface area contributed by atoms with Crippen LogP contribution in [-0.4, -0.2) is 35.6 Å². The number of hydrogen-bond donors (Lipinski definition) is 1. The summed E-state index contributed by atoms with van der Waals surface area (Å²) >= 11 is 0. The Kier molecular flexibility index (Phi) is 4.23. The van der Waals surface area contributed by atoms with Crippen LogP contribution < -0.4 is 4.72 Å². The number of nitrogens with one attached hydrogen (secondary N) is 1. The number of anilines is 1. The standard InChI is InChI=1S/C18H18N4O4S/c1-21-12-16(10-19-21)27(24,25)20-15-5-4-13-6-7-22(11-14(13)9-15)18(23)17-3-2-8-26-17/h2-5,8-10,12,20H,6-7,11H2,1H3. The highest BCUT2D eigenvalue weighted by Crippen LogP contribution is 2.25. The number of fused-ring (bicyclic) bond motifs is 1. The van der Waals surface area contributed by atoms with Gasteiger partial charge in [0.1, 0.15) is 4.90 Å². The summed E-state index contributed by atoms with van der Waals surface area (Å²) < 4.78 is 34.1. The van der Waals surface area contributed by atoms with Gasteiger partial charge in [0.25, 0.3) is 15.9 Å². The summed E-state index contributed by atoms with van der Waals surface area (Å²) in [6.45, 7) is 0.991. The summed E-state index contributed by atoms with van der Waals surface area (Å²) in [6, 6.07) is 8.71. The van der Waals surface area contributed by atoms with Crippen molar-refractivity contribution in [3.63, 3.8) is 0 Å². The normalized spacial score (nSPS) is 14.0. The van der Waals surface area contributed by atoms with Gasteiger partial charge in [0.2, 0.25) is 0 Å². The number of amides is 1. The van der Waals surface area contributed by atoms with Gasteiger partial charge in [0, 0.05) is 32.0 Å². The average Bonchev–Trinajstić information content (AvgIpc) is 3.32. The molecule has 3 aromatic rings. The van der Waals surface area contributed by atoms with Gasteiger partial charge in [0.15, 0.2) is 5.76 Å². The SMILES string of the molecule is Cn1cc(S(=O)(=O)Nc2ccc3c(c2)CN(C(=O)c2ccco2)CC3)cn1. The highest BCUT2D eigenvalue weighted by atomic mass is 32.2. The van der Waals surface area contributed by atoms with Crippen molar-refractivity contribution in [3.05, 3.63) is 65.9 Å². The third-order valence-electron chi connectivity index (χ3n) is 4.48.